The Morgan fingerprint density at radius 2 is 1.59 bits per heavy atom. The zero-order valence-corrected chi connectivity index (χ0v) is 20.9. The molecule has 0 atom stereocenters. The SMILES string of the molecule is N=C(N)c1ccc2cc(C(=O)Nc3ncccn3)n(Cc3cc(Cc4ncccn4)cc4ccccc34)c2c1. The molecule has 3 aromatic heterocycles. The highest BCUT2D eigenvalue weighted by Crippen LogP contribution is 2.28. The number of rotatable bonds is 7. The number of nitrogens with zero attached hydrogens (tertiary/aromatic N) is 5. The fourth-order valence-corrected chi connectivity index (χ4v) is 4.77. The van der Waals surface area contributed by atoms with Crippen molar-refractivity contribution in [2.45, 2.75) is 13.0 Å². The van der Waals surface area contributed by atoms with Gasteiger partial charge in [-0.25, -0.2) is 19.9 Å². The molecule has 9 nitrogen and oxygen atoms in total. The minimum atomic E-state index is -0.333. The summed E-state index contributed by atoms with van der Waals surface area (Å²) < 4.78 is 1.95. The molecule has 0 fully saturated rings. The van der Waals surface area contributed by atoms with Gasteiger partial charge in [0.25, 0.3) is 5.91 Å². The number of hydrogen-bond donors (Lipinski definition) is 3. The molecule has 0 aliphatic carbocycles. The number of nitrogen functional groups attached to an aromatic ring is 1. The Morgan fingerprint density at radius 1 is 0.846 bits per heavy atom. The third-order valence-electron chi connectivity index (χ3n) is 6.56. The van der Waals surface area contributed by atoms with E-state index in [-0.39, 0.29) is 17.7 Å². The van der Waals surface area contributed by atoms with E-state index in [2.05, 4.69) is 49.5 Å². The van der Waals surface area contributed by atoms with Crippen molar-refractivity contribution in [3.05, 3.63) is 126 Å². The number of carbonyl (C=O) groups is 1. The maximum atomic E-state index is 13.5. The van der Waals surface area contributed by atoms with Crippen molar-refractivity contribution in [3.8, 4) is 0 Å². The molecule has 1 amide bonds. The van der Waals surface area contributed by atoms with Crippen LogP contribution in [-0.4, -0.2) is 36.2 Å². The number of fused-ring (bicyclic) bond motifs is 2. The number of nitrogens with one attached hydrogen (secondary N) is 2. The fraction of sp³-hybridized carbons (Fsp3) is 0.0667. The first-order chi connectivity index (χ1) is 19.0. The van der Waals surface area contributed by atoms with E-state index in [1.54, 1.807) is 43.0 Å². The van der Waals surface area contributed by atoms with Crippen LogP contribution in [0.1, 0.15) is 33.0 Å². The number of nitrogens with two attached hydrogens (primary N) is 1. The zero-order valence-electron chi connectivity index (χ0n) is 20.9. The Kier molecular flexibility index (Phi) is 6.22. The first kappa shape index (κ1) is 23.9. The van der Waals surface area contributed by atoms with Crippen molar-refractivity contribution < 1.29 is 4.79 Å². The first-order valence-corrected chi connectivity index (χ1v) is 12.4. The van der Waals surface area contributed by atoms with E-state index in [0.717, 1.165) is 38.6 Å². The summed E-state index contributed by atoms with van der Waals surface area (Å²) >= 11 is 0. The van der Waals surface area contributed by atoms with Gasteiger partial charge in [-0.3, -0.25) is 15.5 Å². The standard InChI is InChI=1S/C30H24N8O/c31-28(32)22-8-7-21-16-26(29(39)37-30-35-11-4-12-36-30)38(25(21)17-22)18-23-14-19(15-27-33-9-3-10-34-27)13-20-5-1-2-6-24(20)23/h1-14,16-17H,15,18H2,(H3,31,32)(H,35,36,37,39). The molecule has 0 radical (unpaired) electrons. The second kappa shape index (κ2) is 10.1. The van der Waals surface area contributed by atoms with Crippen molar-refractivity contribution in [1.29, 1.82) is 5.41 Å². The Labute approximate surface area is 223 Å². The molecule has 3 aromatic carbocycles. The predicted molar refractivity (Wildman–Crippen MR) is 151 cm³/mol. The lowest BCUT2D eigenvalue weighted by molar-refractivity contribution is 0.101. The minimum Gasteiger partial charge on any atom is -0.384 e. The van der Waals surface area contributed by atoms with Crippen molar-refractivity contribution in [2.24, 2.45) is 5.73 Å². The summed E-state index contributed by atoms with van der Waals surface area (Å²) in [5, 5.41) is 13.8. The normalized spacial score (nSPS) is 11.1. The van der Waals surface area contributed by atoms with E-state index in [0.29, 0.717) is 24.2 Å². The summed E-state index contributed by atoms with van der Waals surface area (Å²) in [4.78, 5) is 30.5. The topological polar surface area (TPSA) is 135 Å². The molecule has 39 heavy (non-hydrogen) atoms. The van der Waals surface area contributed by atoms with Crippen LogP contribution in [0.15, 0.2) is 97.6 Å². The average molecular weight is 513 g/mol. The zero-order chi connectivity index (χ0) is 26.8. The molecule has 4 N–H and O–H groups in total. The Balaban J connectivity index is 1.48. The van der Waals surface area contributed by atoms with Gasteiger partial charge in [0.1, 0.15) is 17.4 Å². The largest absolute Gasteiger partial charge is 0.384 e. The third kappa shape index (κ3) is 4.93. The highest BCUT2D eigenvalue weighted by Gasteiger charge is 2.19. The summed E-state index contributed by atoms with van der Waals surface area (Å²) in [6, 6.07) is 23.3. The van der Waals surface area contributed by atoms with Crippen molar-refractivity contribution in [3.63, 3.8) is 0 Å². The molecule has 0 bridgehead atoms. The lowest BCUT2D eigenvalue weighted by atomic mass is 9.99. The van der Waals surface area contributed by atoms with Gasteiger partial charge in [-0.2, -0.15) is 0 Å². The van der Waals surface area contributed by atoms with Gasteiger partial charge in [-0.05, 0) is 46.2 Å². The van der Waals surface area contributed by atoms with Crippen LogP contribution in [0, 0.1) is 5.41 Å². The number of carbonyl (C=O) groups excluding carboxylic acids is 1. The van der Waals surface area contributed by atoms with Crippen LogP contribution in [0.4, 0.5) is 5.95 Å². The van der Waals surface area contributed by atoms with E-state index in [1.807, 2.05) is 34.9 Å². The number of benzene rings is 3. The van der Waals surface area contributed by atoms with Gasteiger partial charge in [-0.1, -0.05) is 48.5 Å². The molecule has 3 heterocycles. The highest BCUT2D eigenvalue weighted by atomic mass is 16.2. The molecule has 0 spiro atoms. The smallest absolute Gasteiger partial charge is 0.274 e. The Hall–Kier alpha value is -5.44. The van der Waals surface area contributed by atoms with Crippen molar-refractivity contribution in [1.82, 2.24) is 24.5 Å². The predicted octanol–water partition coefficient (Wildman–Crippen LogP) is 4.55. The number of aromatic nitrogens is 5. The maximum absolute atomic E-state index is 13.5. The van der Waals surface area contributed by atoms with Gasteiger partial charge in [0, 0.05) is 54.2 Å². The van der Waals surface area contributed by atoms with Crippen molar-refractivity contribution >= 4 is 39.4 Å². The van der Waals surface area contributed by atoms with E-state index in [4.69, 9.17) is 11.1 Å². The lowest BCUT2D eigenvalue weighted by Gasteiger charge is -2.15. The van der Waals surface area contributed by atoms with Crippen LogP contribution in [0.5, 0.6) is 0 Å². The summed E-state index contributed by atoms with van der Waals surface area (Å²) in [6.45, 7) is 0.410. The molecule has 0 aliphatic rings. The second-order valence-corrected chi connectivity index (χ2v) is 9.15. The summed E-state index contributed by atoms with van der Waals surface area (Å²) in [6.07, 6.45) is 7.21. The van der Waals surface area contributed by atoms with Crippen LogP contribution in [0.2, 0.25) is 0 Å². The van der Waals surface area contributed by atoms with E-state index < -0.39 is 0 Å². The van der Waals surface area contributed by atoms with Gasteiger partial charge in [0.2, 0.25) is 5.95 Å². The summed E-state index contributed by atoms with van der Waals surface area (Å²) in [7, 11) is 0. The quantitative estimate of drug-likeness (QED) is 0.212. The minimum absolute atomic E-state index is 0.0383. The van der Waals surface area contributed by atoms with Gasteiger partial charge >= 0.3 is 0 Å². The molecule has 0 saturated carbocycles. The molecule has 190 valence electrons. The van der Waals surface area contributed by atoms with Gasteiger partial charge in [0.05, 0.1) is 0 Å². The molecular weight excluding hydrogens is 488 g/mol. The number of amidine groups is 1. The van der Waals surface area contributed by atoms with Crippen LogP contribution in [0.25, 0.3) is 21.7 Å². The second-order valence-electron chi connectivity index (χ2n) is 9.15. The lowest BCUT2D eigenvalue weighted by Crippen LogP contribution is -2.19. The molecule has 0 saturated heterocycles. The molecule has 0 unspecified atom stereocenters. The number of anilines is 1. The number of hydrogen-bond acceptors (Lipinski definition) is 6. The highest BCUT2D eigenvalue weighted by molar-refractivity contribution is 6.07. The van der Waals surface area contributed by atoms with Gasteiger partial charge in [0.15, 0.2) is 0 Å². The maximum Gasteiger partial charge on any atom is 0.274 e. The Bertz CT molecular complexity index is 1830. The molecule has 6 rings (SSSR count). The number of amides is 1. The van der Waals surface area contributed by atoms with E-state index in [1.165, 1.54) is 0 Å². The third-order valence-corrected chi connectivity index (χ3v) is 6.56. The van der Waals surface area contributed by atoms with Crippen LogP contribution >= 0.6 is 0 Å². The molecule has 9 heteroatoms. The van der Waals surface area contributed by atoms with Gasteiger partial charge in [-0.15, -0.1) is 0 Å². The molecular formula is C30H24N8O. The monoisotopic (exact) mass is 512 g/mol. The van der Waals surface area contributed by atoms with Crippen LogP contribution in [-0.2, 0) is 13.0 Å². The average Bonchev–Trinajstić information content (AvgIpc) is 3.32. The van der Waals surface area contributed by atoms with E-state index in [9.17, 15) is 4.79 Å². The van der Waals surface area contributed by atoms with Gasteiger partial charge < -0.3 is 10.3 Å². The summed E-state index contributed by atoms with van der Waals surface area (Å²) in [5.41, 5.74) is 9.74. The Morgan fingerprint density at radius 3 is 2.36 bits per heavy atom. The first-order valence-electron chi connectivity index (χ1n) is 12.4. The van der Waals surface area contributed by atoms with E-state index >= 15 is 0 Å². The fourth-order valence-electron chi connectivity index (χ4n) is 4.77. The summed E-state index contributed by atoms with van der Waals surface area (Å²) in [5.74, 6) is 0.585. The molecule has 6 aromatic rings. The van der Waals surface area contributed by atoms with Crippen LogP contribution < -0.4 is 11.1 Å². The van der Waals surface area contributed by atoms with Crippen LogP contribution in [0.3, 0.4) is 0 Å². The van der Waals surface area contributed by atoms with Crippen molar-refractivity contribution in [2.75, 3.05) is 5.32 Å². The molecule has 0 aliphatic heterocycles.